The molecule has 0 bridgehead atoms. The van der Waals surface area contributed by atoms with E-state index in [1.54, 1.807) is 18.2 Å². The van der Waals surface area contributed by atoms with E-state index < -0.39 is 0 Å². The highest BCUT2D eigenvalue weighted by atomic mass is 16.2. The van der Waals surface area contributed by atoms with Gasteiger partial charge in [-0.15, -0.1) is 0 Å². The van der Waals surface area contributed by atoms with Crippen molar-refractivity contribution in [3.8, 4) is 0 Å². The molecule has 2 heterocycles. The third kappa shape index (κ3) is 4.46. The quantitative estimate of drug-likeness (QED) is 0.663. The first kappa shape index (κ1) is 18.5. The van der Waals surface area contributed by atoms with Gasteiger partial charge in [-0.2, -0.15) is 0 Å². The first-order valence-corrected chi connectivity index (χ1v) is 8.84. The predicted molar refractivity (Wildman–Crippen MR) is 102 cm³/mol. The second-order valence-corrected chi connectivity index (χ2v) is 6.13. The Hall–Kier alpha value is -3.29. The van der Waals surface area contributed by atoms with Gasteiger partial charge in [-0.1, -0.05) is 19.1 Å². The summed E-state index contributed by atoms with van der Waals surface area (Å²) in [5, 5.41) is 3.28. The summed E-state index contributed by atoms with van der Waals surface area (Å²) in [6.07, 6.45) is 3.81. The van der Waals surface area contributed by atoms with Gasteiger partial charge in [-0.05, 0) is 18.6 Å². The summed E-state index contributed by atoms with van der Waals surface area (Å²) < 4.78 is 2.89. The molecule has 1 N–H and O–H groups in total. The van der Waals surface area contributed by atoms with Gasteiger partial charge in [0.2, 0.25) is 5.91 Å². The summed E-state index contributed by atoms with van der Waals surface area (Å²) in [5.74, 6) is -0.193. The largest absolute Gasteiger partial charge is 0.354 e. The van der Waals surface area contributed by atoms with Gasteiger partial charge in [-0.3, -0.25) is 23.5 Å². The molecule has 0 aliphatic rings. The second-order valence-electron chi connectivity index (χ2n) is 6.13. The lowest BCUT2D eigenvalue weighted by Crippen LogP contribution is -2.32. The highest BCUT2D eigenvalue weighted by Gasteiger charge is 2.06. The zero-order chi connectivity index (χ0) is 19.2. The van der Waals surface area contributed by atoms with E-state index >= 15 is 0 Å². The first-order valence-electron chi connectivity index (χ1n) is 8.84. The Morgan fingerprint density at radius 2 is 1.85 bits per heavy atom. The number of aryl methyl sites for hydroxylation is 2. The normalized spacial score (nSPS) is 10.9. The van der Waals surface area contributed by atoms with Crippen LogP contribution in [0.1, 0.15) is 19.0 Å². The van der Waals surface area contributed by atoms with E-state index in [1.165, 1.54) is 27.9 Å². The van der Waals surface area contributed by atoms with Gasteiger partial charge in [0.05, 0.1) is 23.6 Å². The molecule has 3 rings (SSSR count). The molecule has 0 atom stereocenters. The van der Waals surface area contributed by atoms with E-state index in [2.05, 4.69) is 15.3 Å². The zero-order valence-electron chi connectivity index (χ0n) is 15.1. The van der Waals surface area contributed by atoms with Crippen LogP contribution in [0.5, 0.6) is 0 Å². The molecular weight excluding hydrogens is 346 g/mol. The third-order valence-electron chi connectivity index (χ3n) is 4.28. The smallest absolute Gasteiger partial charge is 0.261 e. The topological polar surface area (TPSA) is 98.9 Å². The standard InChI is InChI=1S/C19H21N5O3/c1-2-14-11-18(26)23(12-21-14)10-8-20-17(25)7-9-24-13-22-16-6-4-3-5-15(16)19(24)27/h3-6,11-13H,2,7-10H2,1H3,(H,20,25). The minimum atomic E-state index is -0.193. The van der Waals surface area contributed by atoms with E-state index in [4.69, 9.17) is 0 Å². The lowest BCUT2D eigenvalue weighted by molar-refractivity contribution is -0.121. The third-order valence-corrected chi connectivity index (χ3v) is 4.28. The van der Waals surface area contributed by atoms with E-state index in [-0.39, 0.29) is 30.0 Å². The van der Waals surface area contributed by atoms with Crippen molar-refractivity contribution in [1.29, 1.82) is 0 Å². The van der Waals surface area contributed by atoms with Crippen molar-refractivity contribution in [1.82, 2.24) is 24.4 Å². The van der Waals surface area contributed by atoms with Crippen LogP contribution in [0.25, 0.3) is 10.9 Å². The van der Waals surface area contributed by atoms with Crippen molar-refractivity contribution in [3.63, 3.8) is 0 Å². The fraction of sp³-hybridized carbons (Fsp3) is 0.316. The van der Waals surface area contributed by atoms with Crippen LogP contribution in [0.4, 0.5) is 0 Å². The highest BCUT2D eigenvalue weighted by Crippen LogP contribution is 2.04. The maximum atomic E-state index is 12.4. The fourth-order valence-electron chi connectivity index (χ4n) is 2.72. The Morgan fingerprint density at radius 1 is 1.07 bits per heavy atom. The van der Waals surface area contributed by atoms with Gasteiger partial charge in [0, 0.05) is 37.8 Å². The van der Waals surface area contributed by atoms with Crippen LogP contribution in [0.15, 0.2) is 52.6 Å². The number of amides is 1. The van der Waals surface area contributed by atoms with Gasteiger partial charge < -0.3 is 5.32 Å². The average molecular weight is 367 g/mol. The Kier molecular flexibility index (Phi) is 5.75. The Balaban J connectivity index is 1.52. The fourth-order valence-corrected chi connectivity index (χ4v) is 2.72. The van der Waals surface area contributed by atoms with Gasteiger partial charge in [0.15, 0.2) is 0 Å². The van der Waals surface area contributed by atoms with E-state index in [1.807, 2.05) is 13.0 Å². The number of nitrogens with zero attached hydrogens (tertiary/aromatic N) is 4. The van der Waals surface area contributed by atoms with Crippen LogP contribution in [0, 0.1) is 0 Å². The van der Waals surface area contributed by atoms with Crippen molar-refractivity contribution in [2.45, 2.75) is 32.9 Å². The summed E-state index contributed by atoms with van der Waals surface area (Å²) in [6.45, 7) is 2.84. The number of benzene rings is 1. The number of aromatic nitrogens is 4. The molecule has 0 unspecified atom stereocenters. The van der Waals surface area contributed by atoms with Crippen molar-refractivity contribution in [3.05, 3.63) is 69.4 Å². The van der Waals surface area contributed by atoms with Gasteiger partial charge >= 0.3 is 0 Å². The lowest BCUT2D eigenvalue weighted by Gasteiger charge is -2.09. The molecule has 8 heteroatoms. The molecule has 0 aliphatic carbocycles. The van der Waals surface area contributed by atoms with Crippen LogP contribution in [-0.4, -0.2) is 31.6 Å². The number of rotatable bonds is 7. The number of carbonyl (C=O) groups is 1. The molecular formula is C19H21N5O3. The molecule has 1 amide bonds. The highest BCUT2D eigenvalue weighted by molar-refractivity contribution is 5.77. The van der Waals surface area contributed by atoms with Crippen molar-refractivity contribution < 1.29 is 4.79 Å². The van der Waals surface area contributed by atoms with E-state index in [0.717, 1.165) is 5.69 Å². The summed E-state index contributed by atoms with van der Waals surface area (Å²) in [7, 11) is 0. The number of nitrogens with one attached hydrogen (secondary N) is 1. The maximum absolute atomic E-state index is 12.4. The van der Waals surface area contributed by atoms with Crippen molar-refractivity contribution >= 4 is 16.8 Å². The summed E-state index contributed by atoms with van der Waals surface area (Å²) in [6, 6.07) is 8.60. The maximum Gasteiger partial charge on any atom is 0.261 e. The summed E-state index contributed by atoms with van der Waals surface area (Å²) >= 11 is 0. The number of carbonyl (C=O) groups excluding carboxylic acids is 1. The van der Waals surface area contributed by atoms with Crippen molar-refractivity contribution in [2.24, 2.45) is 0 Å². The predicted octanol–water partition coefficient (Wildman–Crippen LogP) is 0.722. The molecule has 1 aromatic carbocycles. The van der Waals surface area contributed by atoms with Crippen molar-refractivity contribution in [2.75, 3.05) is 6.54 Å². The minimum Gasteiger partial charge on any atom is -0.354 e. The SMILES string of the molecule is CCc1cc(=O)n(CCNC(=O)CCn2cnc3ccccc3c2=O)cn1. The zero-order valence-corrected chi connectivity index (χ0v) is 15.1. The molecule has 0 fully saturated rings. The monoisotopic (exact) mass is 367 g/mol. The van der Waals surface area contributed by atoms with Gasteiger partial charge in [0.25, 0.3) is 11.1 Å². The molecule has 0 saturated heterocycles. The molecule has 2 aromatic heterocycles. The van der Waals surface area contributed by atoms with Crippen LogP contribution in [0.3, 0.4) is 0 Å². The van der Waals surface area contributed by atoms with E-state index in [9.17, 15) is 14.4 Å². The van der Waals surface area contributed by atoms with Crippen LogP contribution < -0.4 is 16.4 Å². The number of hydrogen-bond donors (Lipinski definition) is 1. The molecule has 0 radical (unpaired) electrons. The molecule has 0 spiro atoms. The van der Waals surface area contributed by atoms with Crippen LogP contribution >= 0.6 is 0 Å². The van der Waals surface area contributed by atoms with Gasteiger partial charge in [-0.25, -0.2) is 9.97 Å². The molecule has 8 nitrogen and oxygen atoms in total. The summed E-state index contributed by atoms with van der Waals surface area (Å²) in [5.41, 5.74) is 1.08. The first-order chi connectivity index (χ1) is 13.1. The lowest BCUT2D eigenvalue weighted by atomic mass is 10.2. The van der Waals surface area contributed by atoms with E-state index in [0.29, 0.717) is 30.4 Å². The summed E-state index contributed by atoms with van der Waals surface area (Å²) in [4.78, 5) is 44.7. The number of para-hydroxylation sites is 1. The van der Waals surface area contributed by atoms with Crippen LogP contribution in [0.2, 0.25) is 0 Å². The molecule has 27 heavy (non-hydrogen) atoms. The molecule has 0 aliphatic heterocycles. The second kappa shape index (κ2) is 8.39. The van der Waals surface area contributed by atoms with Gasteiger partial charge in [0.1, 0.15) is 0 Å². The minimum absolute atomic E-state index is 0.134. The Morgan fingerprint density at radius 3 is 2.63 bits per heavy atom. The number of fused-ring (bicyclic) bond motifs is 1. The van der Waals surface area contributed by atoms with Crippen LogP contribution in [-0.2, 0) is 24.3 Å². The molecule has 140 valence electrons. The average Bonchev–Trinajstić information content (AvgIpc) is 2.69. The Labute approximate surface area is 155 Å². The molecule has 3 aromatic rings. The number of hydrogen-bond acceptors (Lipinski definition) is 5. The Bertz CT molecular complexity index is 1070. The molecule has 0 saturated carbocycles.